The number of halogens is 2. The first kappa shape index (κ1) is 28.3. The lowest BCUT2D eigenvalue weighted by atomic mass is 9.84. The van der Waals surface area contributed by atoms with Gasteiger partial charge in [-0.2, -0.15) is 8.78 Å². The molecular weight excluding hydrogens is 490 g/mol. The molecular formula is C31H36F2O5. The number of rotatable bonds is 12. The molecule has 3 aromatic carbocycles. The number of aliphatic hydroxyl groups excluding tert-OH is 1. The molecule has 204 valence electrons. The highest BCUT2D eigenvalue weighted by molar-refractivity contribution is 5.15. The van der Waals surface area contributed by atoms with Crippen LogP contribution in [-0.4, -0.2) is 41.7 Å². The van der Waals surface area contributed by atoms with Crippen molar-refractivity contribution in [3.05, 3.63) is 108 Å². The number of hydrogen-bond acceptors (Lipinski definition) is 5. The van der Waals surface area contributed by atoms with E-state index in [-0.39, 0.29) is 25.7 Å². The summed E-state index contributed by atoms with van der Waals surface area (Å²) in [6.07, 6.45) is -6.03. The molecule has 1 saturated heterocycles. The Labute approximate surface area is 223 Å². The van der Waals surface area contributed by atoms with Gasteiger partial charge in [-0.15, -0.1) is 0 Å². The zero-order valence-electron chi connectivity index (χ0n) is 21.8. The van der Waals surface area contributed by atoms with Crippen LogP contribution < -0.4 is 0 Å². The third-order valence-electron chi connectivity index (χ3n) is 6.98. The van der Waals surface area contributed by atoms with Crippen molar-refractivity contribution in [3.63, 3.8) is 0 Å². The summed E-state index contributed by atoms with van der Waals surface area (Å²) in [7, 11) is 0. The molecule has 38 heavy (non-hydrogen) atoms. The van der Waals surface area contributed by atoms with Crippen LogP contribution in [0.15, 0.2) is 91.0 Å². The van der Waals surface area contributed by atoms with Crippen molar-refractivity contribution in [3.8, 4) is 0 Å². The maximum atomic E-state index is 15.9. The fourth-order valence-electron chi connectivity index (χ4n) is 4.81. The van der Waals surface area contributed by atoms with Crippen molar-refractivity contribution >= 4 is 0 Å². The Balaban J connectivity index is 1.58. The molecule has 6 atom stereocenters. The summed E-state index contributed by atoms with van der Waals surface area (Å²) in [4.78, 5) is 0. The second kappa shape index (κ2) is 13.4. The van der Waals surface area contributed by atoms with E-state index in [0.29, 0.717) is 12.0 Å². The zero-order valence-corrected chi connectivity index (χ0v) is 21.8. The van der Waals surface area contributed by atoms with E-state index >= 15 is 8.78 Å². The first-order chi connectivity index (χ1) is 18.4. The maximum Gasteiger partial charge on any atom is 0.325 e. The van der Waals surface area contributed by atoms with Crippen LogP contribution in [-0.2, 0) is 38.8 Å². The number of benzene rings is 3. The first-order valence-electron chi connectivity index (χ1n) is 13.1. The number of aliphatic hydroxyl groups is 1. The van der Waals surface area contributed by atoms with Gasteiger partial charge in [0.25, 0.3) is 0 Å². The van der Waals surface area contributed by atoms with Crippen LogP contribution in [0.1, 0.15) is 37.0 Å². The zero-order chi connectivity index (χ0) is 27.0. The summed E-state index contributed by atoms with van der Waals surface area (Å²) in [6.45, 7) is 3.98. The minimum absolute atomic E-state index is 0.0944. The topological polar surface area (TPSA) is 57.2 Å². The Hall–Kier alpha value is -2.68. The lowest BCUT2D eigenvalue weighted by Crippen LogP contribution is -2.63. The van der Waals surface area contributed by atoms with Crippen LogP contribution in [0.4, 0.5) is 8.78 Å². The Morgan fingerprint density at radius 1 is 0.763 bits per heavy atom. The lowest BCUT2D eigenvalue weighted by Gasteiger charge is -2.48. The molecule has 1 aliphatic rings. The minimum atomic E-state index is -3.77. The third kappa shape index (κ3) is 7.04. The van der Waals surface area contributed by atoms with Gasteiger partial charge in [-0.1, -0.05) is 105 Å². The Bertz CT molecular complexity index is 1080. The van der Waals surface area contributed by atoms with E-state index in [1.165, 1.54) is 0 Å². The van der Waals surface area contributed by atoms with Crippen LogP contribution in [0.3, 0.4) is 0 Å². The molecule has 5 nitrogen and oxygen atoms in total. The van der Waals surface area contributed by atoms with Crippen molar-refractivity contribution in [2.75, 3.05) is 0 Å². The van der Waals surface area contributed by atoms with Crippen molar-refractivity contribution in [1.29, 1.82) is 0 Å². The van der Waals surface area contributed by atoms with Crippen LogP contribution in [0.25, 0.3) is 0 Å². The lowest BCUT2D eigenvalue weighted by molar-refractivity contribution is -0.334. The van der Waals surface area contributed by atoms with Gasteiger partial charge >= 0.3 is 5.92 Å². The quantitative estimate of drug-likeness (QED) is 0.287. The average molecular weight is 527 g/mol. The van der Waals surface area contributed by atoms with E-state index in [4.69, 9.17) is 18.9 Å². The molecule has 0 spiro atoms. The monoisotopic (exact) mass is 526 g/mol. The minimum Gasteiger partial charge on any atom is -0.370 e. The van der Waals surface area contributed by atoms with E-state index in [9.17, 15) is 5.11 Å². The van der Waals surface area contributed by atoms with Gasteiger partial charge in [-0.25, -0.2) is 0 Å². The van der Waals surface area contributed by atoms with Crippen LogP contribution in [0, 0.1) is 5.92 Å². The van der Waals surface area contributed by atoms with Crippen molar-refractivity contribution in [2.45, 2.75) is 76.7 Å². The van der Waals surface area contributed by atoms with Gasteiger partial charge in [0.15, 0.2) is 6.10 Å². The smallest absolute Gasteiger partial charge is 0.325 e. The summed E-state index contributed by atoms with van der Waals surface area (Å²) in [5, 5.41) is 10.6. The highest BCUT2D eigenvalue weighted by Gasteiger charge is 2.59. The van der Waals surface area contributed by atoms with Crippen molar-refractivity contribution in [1.82, 2.24) is 0 Å². The van der Waals surface area contributed by atoms with E-state index in [1.807, 2.05) is 80.6 Å². The molecule has 1 heterocycles. The summed E-state index contributed by atoms with van der Waals surface area (Å²) in [5.41, 5.74) is 2.44. The first-order valence-corrected chi connectivity index (χ1v) is 13.1. The fraction of sp³-hybridized carbons (Fsp3) is 0.419. The largest absolute Gasteiger partial charge is 0.370 e. The SMILES string of the molecule is CC[C@H]1O[C@H](C(F)(F)C(O)OCc2ccccc2)[C@H](OCc2ccccc2)[C@@H](OCc2ccccc2)[C@H]1C. The highest BCUT2D eigenvalue weighted by atomic mass is 19.3. The van der Waals surface area contributed by atoms with Crippen molar-refractivity contribution in [2.24, 2.45) is 5.92 Å². The van der Waals surface area contributed by atoms with Gasteiger partial charge in [-0.3, -0.25) is 0 Å². The highest BCUT2D eigenvalue weighted by Crippen LogP contribution is 2.41. The molecule has 0 aromatic heterocycles. The molecule has 0 aliphatic carbocycles. The number of alkyl halides is 2. The molecule has 0 amide bonds. The van der Waals surface area contributed by atoms with E-state index in [0.717, 1.165) is 11.1 Å². The third-order valence-corrected chi connectivity index (χ3v) is 6.98. The van der Waals surface area contributed by atoms with Crippen LogP contribution in [0.5, 0.6) is 0 Å². The Morgan fingerprint density at radius 2 is 1.21 bits per heavy atom. The standard InChI is InChI=1S/C31H36F2O5/c1-3-26-22(2)27(35-19-23-13-7-4-8-14-23)28(36-20-24-15-9-5-10-16-24)29(38-26)31(32,33)30(34)37-21-25-17-11-6-12-18-25/h4-18,22,26-30,34H,3,19-21H2,1-2H3/t22-,26+,27-,28+,29-,30?/m0/s1. The molecule has 1 fully saturated rings. The molecule has 4 rings (SSSR count). The molecule has 0 bridgehead atoms. The van der Waals surface area contributed by atoms with Gasteiger partial charge in [0.1, 0.15) is 6.10 Å². The Kier molecular flexibility index (Phi) is 9.99. The molecule has 7 heteroatoms. The van der Waals surface area contributed by atoms with Gasteiger partial charge in [0.05, 0.1) is 32.0 Å². The number of hydrogen-bond donors (Lipinski definition) is 1. The van der Waals surface area contributed by atoms with Gasteiger partial charge in [0.2, 0.25) is 6.29 Å². The molecule has 1 unspecified atom stereocenters. The summed E-state index contributed by atoms with van der Waals surface area (Å²) >= 11 is 0. The second-order valence-corrected chi connectivity index (χ2v) is 9.71. The van der Waals surface area contributed by atoms with Gasteiger partial charge in [-0.05, 0) is 23.1 Å². The predicted octanol–water partition coefficient (Wildman–Crippen LogP) is 6.14. The molecule has 1 N–H and O–H groups in total. The number of ether oxygens (including phenoxy) is 4. The van der Waals surface area contributed by atoms with Crippen molar-refractivity contribution < 1.29 is 32.8 Å². The molecule has 1 aliphatic heterocycles. The van der Waals surface area contributed by atoms with E-state index < -0.39 is 36.6 Å². The fourth-order valence-corrected chi connectivity index (χ4v) is 4.81. The maximum absolute atomic E-state index is 15.9. The van der Waals surface area contributed by atoms with E-state index in [2.05, 4.69) is 0 Å². The molecule has 0 radical (unpaired) electrons. The normalized spacial score (nSPS) is 24.7. The van der Waals surface area contributed by atoms with Gasteiger partial charge in [0, 0.05) is 5.92 Å². The van der Waals surface area contributed by atoms with Gasteiger partial charge < -0.3 is 24.1 Å². The molecule has 0 saturated carbocycles. The van der Waals surface area contributed by atoms with Crippen LogP contribution in [0.2, 0.25) is 0 Å². The van der Waals surface area contributed by atoms with E-state index in [1.54, 1.807) is 24.3 Å². The average Bonchev–Trinajstić information content (AvgIpc) is 2.95. The summed E-state index contributed by atoms with van der Waals surface area (Å²) < 4.78 is 55.5. The molecule has 3 aromatic rings. The summed E-state index contributed by atoms with van der Waals surface area (Å²) in [5.74, 6) is -3.99. The predicted molar refractivity (Wildman–Crippen MR) is 140 cm³/mol. The Morgan fingerprint density at radius 3 is 1.68 bits per heavy atom. The van der Waals surface area contributed by atoms with Crippen LogP contribution >= 0.6 is 0 Å². The second-order valence-electron chi connectivity index (χ2n) is 9.71. The summed E-state index contributed by atoms with van der Waals surface area (Å²) in [6, 6.07) is 27.8.